The van der Waals surface area contributed by atoms with Crippen molar-refractivity contribution in [1.82, 2.24) is 0 Å². The van der Waals surface area contributed by atoms with Crippen molar-refractivity contribution in [2.45, 2.75) is 19.8 Å². The zero-order valence-electron chi connectivity index (χ0n) is 9.51. The van der Waals surface area contributed by atoms with Crippen molar-refractivity contribution in [2.75, 3.05) is 5.32 Å². The van der Waals surface area contributed by atoms with Gasteiger partial charge in [-0.1, -0.05) is 12.1 Å². The van der Waals surface area contributed by atoms with Gasteiger partial charge in [0.1, 0.15) is 5.41 Å². The van der Waals surface area contributed by atoms with Gasteiger partial charge in [-0.2, -0.15) is 11.3 Å². The van der Waals surface area contributed by atoms with Crippen molar-refractivity contribution in [3.63, 3.8) is 0 Å². The molecule has 1 aliphatic carbocycles. The van der Waals surface area contributed by atoms with Gasteiger partial charge in [-0.15, -0.1) is 0 Å². The third-order valence-electron chi connectivity index (χ3n) is 3.21. The lowest BCUT2D eigenvalue weighted by molar-refractivity contribution is -0.127. The smallest absolute Gasteiger partial charge is 0.238 e. The van der Waals surface area contributed by atoms with Crippen LogP contribution in [0.5, 0.6) is 0 Å². The van der Waals surface area contributed by atoms with Gasteiger partial charge in [0.05, 0.1) is 5.69 Å². The van der Waals surface area contributed by atoms with Crippen molar-refractivity contribution >= 4 is 28.8 Å². The molecule has 0 aliphatic heterocycles. The SMILES string of the molecule is CC1CC(C(=O)Nc2ccsc2)(/C(N)=N/O)C1. The van der Waals surface area contributed by atoms with Crippen LogP contribution in [0, 0.1) is 11.3 Å². The molecule has 0 aromatic carbocycles. The average molecular weight is 253 g/mol. The van der Waals surface area contributed by atoms with E-state index in [9.17, 15) is 4.79 Å². The van der Waals surface area contributed by atoms with Gasteiger partial charge in [-0.3, -0.25) is 4.79 Å². The Bertz CT molecular complexity index is 436. The Labute approximate surface area is 103 Å². The summed E-state index contributed by atoms with van der Waals surface area (Å²) in [6.45, 7) is 2.04. The summed E-state index contributed by atoms with van der Waals surface area (Å²) in [5, 5.41) is 18.3. The molecule has 0 bridgehead atoms. The van der Waals surface area contributed by atoms with Crippen molar-refractivity contribution in [1.29, 1.82) is 0 Å². The number of hydrogen-bond donors (Lipinski definition) is 3. The molecule has 5 nitrogen and oxygen atoms in total. The predicted molar refractivity (Wildman–Crippen MR) is 67.2 cm³/mol. The number of nitrogens with two attached hydrogens (primary N) is 1. The fraction of sp³-hybridized carbons (Fsp3) is 0.455. The largest absolute Gasteiger partial charge is 0.409 e. The number of rotatable bonds is 3. The van der Waals surface area contributed by atoms with E-state index in [-0.39, 0.29) is 11.7 Å². The van der Waals surface area contributed by atoms with E-state index < -0.39 is 5.41 Å². The summed E-state index contributed by atoms with van der Waals surface area (Å²) in [5.74, 6) is 0.233. The van der Waals surface area contributed by atoms with Gasteiger partial charge in [0, 0.05) is 5.38 Å². The Morgan fingerprint density at radius 2 is 2.41 bits per heavy atom. The van der Waals surface area contributed by atoms with E-state index in [1.54, 1.807) is 0 Å². The molecule has 1 saturated carbocycles. The second kappa shape index (κ2) is 4.37. The number of anilines is 1. The molecule has 2 rings (SSSR count). The van der Waals surface area contributed by atoms with E-state index in [1.807, 2.05) is 23.8 Å². The third-order valence-corrected chi connectivity index (χ3v) is 3.89. The summed E-state index contributed by atoms with van der Waals surface area (Å²) in [4.78, 5) is 12.2. The molecular formula is C11H15N3O2S. The van der Waals surface area contributed by atoms with Gasteiger partial charge in [-0.25, -0.2) is 0 Å². The van der Waals surface area contributed by atoms with E-state index in [0.717, 1.165) is 5.69 Å². The average Bonchev–Trinajstić information content (AvgIpc) is 2.75. The lowest BCUT2D eigenvalue weighted by atomic mass is 9.61. The molecule has 0 atom stereocenters. The minimum absolute atomic E-state index is 0.00308. The first-order valence-corrected chi connectivity index (χ1v) is 6.34. The van der Waals surface area contributed by atoms with Crippen LogP contribution in [-0.4, -0.2) is 17.0 Å². The molecule has 4 N–H and O–H groups in total. The molecule has 1 aromatic heterocycles. The van der Waals surface area contributed by atoms with Crippen LogP contribution in [0.25, 0.3) is 0 Å². The first kappa shape index (κ1) is 11.9. The van der Waals surface area contributed by atoms with E-state index in [4.69, 9.17) is 10.9 Å². The fourth-order valence-electron chi connectivity index (χ4n) is 2.32. The summed E-state index contributed by atoms with van der Waals surface area (Å²) < 4.78 is 0. The molecule has 0 saturated heterocycles. The van der Waals surface area contributed by atoms with Crippen LogP contribution in [0.3, 0.4) is 0 Å². The quantitative estimate of drug-likeness (QED) is 0.332. The molecule has 1 amide bonds. The first-order valence-electron chi connectivity index (χ1n) is 5.40. The van der Waals surface area contributed by atoms with Crippen molar-refractivity contribution in [3.8, 4) is 0 Å². The molecule has 1 aromatic rings. The molecule has 92 valence electrons. The summed E-state index contributed by atoms with van der Waals surface area (Å²) in [5.41, 5.74) is 5.56. The molecule has 0 unspecified atom stereocenters. The Morgan fingerprint density at radius 3 is 2.88 bits per heavy atom. The Hall–Kier alpha value is -1.56. The second-order valence-electron chi connectivity index (χ2n) is 4.55. The van der Waals surface area contributed by atoms with Crippen molar-refractivity contribution in [3.05, 3.63) is 16.8 Å². The minimum Gasteiger partial charge on any atom is -0.409 e. The highest BCUT2D eigenvalue weighted by Crippen LogP contribution is 2.46. The van der Waals surface area contributed by atoms with Crippen LogP contribution in [0.15, 0.2) is 22.0 Å². The first-order chi connectivity index (χ1) is 8.08. The molecule has 0 spiro atoms. The number of nitrogens with one attached hydrogen (secondary N) is 1. The van der Waals surface area contributed by atoms with Crippen LogP contribution in [0.1, 0.15) is 19.8 Å². The monoisotopic (exact) mass is 253 g/mol. The topological polar surface area (TPSA) is 87.7 Å². The predicted octanol–water partition coefficient (Wildman–Crippen LogP) is 1.85. The van der Waals surface area contributed by atoms with E-state index in [0.29, 0.717) is 18.8 Å². The number of nitrogens with zero attached hydrogens (tertiary/aromatic N) is 1. The molecule has 1 fully saturated rings. The number of carbonyl (C=O) groups is 1. The number of thiophene rings is 1. The number of hydrogen-bond acceptors (Lipinski definition) is 4. The van der Waals surface area contributed by atoms with Crippen LogP contribution < -0.4 is 11.1 Å². The third kappa shape index (κ3) is 2.00. The highest BCUT2D eigenvalue weighted by molar-refractivity contribution is 7.08. The van der Waals surface area contributed by atoms with E-state index in [2.05, 4.69) is 10.5 Å². The van der Waals surface area contributed by atoms with E-state index >= 15 is 0 Å². The standard InChI is InChI=1S/C11H15N3O2S/c1-7-4-11(5-7,9(12)14-16)10(15)13-8-2-3-17-6-8/h2-3,6-7,16H,4-5H2,1H3,(H2,12,14)(H,13,15). The fourth-order valence-corrected chi connectivity index (χ4v) is 2.91. The summed E-state index contributed by atoms with van der Waals surface area (Å²) >= 11 is 1.51. The summed E-state index contributed by atoms with van der Waals surface area (Å²) in [7, 11) is 0. The van der Waals surface area contributed by atoms with Crippen molar-refractivity contribution < 1.29 is 10.0 Å². The maximum absolute atomic E-state index is 12.2. The molecule has 1 heterocycles. The molecule has 1 aliphatic rings. The summed E-state index contributed by atoms with van der Waals surface area (Å²) in [6.07, 6.45) is 1.25. The normalized spacial score (nSPS) is 28.5. The number of amidine groups is 1. The second-order valence-corrected chi connectivity index (χ2v) is 5.33. The highest BCUT2D eigenvalue weighted by atomic mass is 32.1. The van der Waals surface area contributed by atoms with Gasteiger partial charge in [0.15, 0.2) is 5.84 Å². The summed E-state index contributed by atoms with van der Waals surface area (Å²) in [6, 6.07) is 1.82. The van der Waals surface area contributed by atoms with Gasteiger partial charge >= 0.3 is 0 Å². The maximum atomic E-state index is 12.2. The maximum Gasteiger partial charge on any atom is 0.238 e. The van der Waals surface area contributed by atoms with Crippen LogP contribution in [-0.2, 0) is 4.79 Å². The Kier molecular flexibility index (Phi) is 3.06. The number of carbonyl (C=O) groups excluding carboxylic acids is 1. The molecule has 6 heteroatoms. The van der Waals surface area contributed by atoms with Crippen LogP contribution >= 0.6 is 11.3 Å². The zero-order chi connectivity index (χ0) is 12.5. The van der Waals surface area contributed by atoms with E-state index in [1.165, 1.54) is 11.3 Å². The van der Waals surface area contributed by atoms with Crippen molar-refractivity contribution in [2.24, 2.45) is 22.2 Å². The minimum atomic E-state index is -0.837. The van der Waals surface area contributed by atoms with Gasteiger partial charge in [0.2, 0.25) is 5.91 Å². The number of oxime groups is 1. The number of amides is 1. The lowest BCUT2D eigenvalue weighted by Gasteiger charge is -2.43. The molecule has 17 heavy (non-hydrogen) atoms. The molecule has 0 radical (unpaired) electrons. The van der Waals surface area contributed by atoms with Gasteiger partial charge in [-0.05, 0) is 30.2 Å². The van der Waals surface area contributed by atoms with Gasteiger partial charge < -0.3 is 16.3 Å². The zero-order valence-corrected chi connectivity index (χ0v) is 10.3. The van der Waals surface area contributed by atoms with Gasteiger partial charge in [0.25, 0.3) is 0 Å². The lowest BCUT2D eigenvalue weighted by Crippen LogP contribution is -2.54. The molecular weight excluding hydrogens is 238 g/mol. The Morgan fingerprint density at radius 1 is 1.71 bits per heavy atom. The van der Waals surface area contributed by atoms with Crippen LogP contribution in [0.2, 0.25) is 0 Å². The van der Waals surface area contributed by atoms with Crippen LogP contribution in [0.4, 0.5) is 5.69 Å². The Balaban J connectivity index is 2.15. The highest BCUT2D eigenvalue weighted by Gasteiger charge is 2.52.